The van der Waals surface area contributed by atoms with Crippen LogP contribution >= 0.6 is 11.6 Å². The number of halogens is 2. The van der Waals surface area contributed by atoms with Gasteiger partial charge in [0.05, 0.1) is 5.52 Å². The second-order valence-electron chi connectivity index (χ2n) is 6.26. The monoisotopic (exact) mass is 356 g/mol. The number of rotatable bonds is 2. The maximum atomic E-state index is 13.3. The van der Waals surface area contributed by atoms with Crippen molar-refractivity contribution in [2.24, 2.45) is 0 Å². The van der Waals surface area contributed by atoms with Gasteiger partial charge in [0.1, 0.15) is 0 Å². The van der Waals surface area contributed by atoms with Crippen molar-refractivity contribution >= 4 is 33.9 Å². The van der Waals surface area contributed by atoms with E-state index in [4.69, 9.17) is 11.6 Å². The average molecular weight is 357 g/mol. The molecule has 1 aliphatic rings. The van der Waals surface area contributed by atoms with Crippen LogP contribution in [-0.4, -0.2) is 36.1 Å². The van der Waals surface area contributed by atoms with Crippen molar-refractivity contribution in [1.82, 2.24) is 9.97 Å². The van der Waals surface area contributed by atoms with E-state index in [1.807, 2.05) is 25.3 Å². The van der Waals surface area contributed by atoms with Crippen LogP contribution in [0.4, 0.5) is 15.8 Å². The molecule has 0 atom stereocenters. The summed E-state index contributed by atoms with van der Waals surface area (Å²) < 4.78 is 13.3. The molecule has 4 rings (SSSR count). The summed E-state index contributed by atoms with van der Waals surface area (Å²) in [7, 11) is 0. The van der Waals surface area contributed by atoms with Gasteiger partial charge in [0, 0.05) is 66.4 Å². The largest absolute Gasteiger partial charge is 0.368 e. The Hall–Kier alpha value is -2.40. The summed E-state index contributed by atoms with van der Waals surface area (Å²) >= 11 is 6.23. The van der Waals surface area contributed by atoms with Gasteiger partial charge in [-0.05, 0) is 36.8 Å². The average Bonchev–Trinajstić information content (AvgIpc) is 2.62. The van der Waals surface area contributed by atoms with Gasteiger partial charge in [-0.2, -0.15) is 4.39 Å². The SMILES string of the molecule is Cc1cc2c(N3CCN(c4ccnc(F)c4)CC3)ccnc2cc1Cl. The van der Waals surface area contributed by atoms with Crippen molar-refractivity contribution in [1.29, 1.82) is 0 Å². The molecular weight excluding hydrogens is 339 g/mol. The molecule has 2 aromatic heterocycles. The summed E-state index contributed by atoms with van der Waals surface area (Å²) in [5, 5.41) is 1.86. The van der Waals surface area contributed by atoms with E-state index in [-0.39, 0.29) is 0 Å². The maximum absolute atomic E-state index is 13.3. The molecular formula is C19H18ClFN4. The number of nitrogens with zero attached hydrogens (tertiary/aromatic N) is 4. The van der Waals surface area contributed by atoms with Crippen LogP contribution in [0.5, 0.6) is 0 Å². The fourth-order valence-corrected chi connectivity index (χ4v) is 3.49. The Morgan fingerprint density at radius 2 is 1.68 bits per heavy atom. The Morgan fingerprint density at radius 3 is 2.44 bits per heavy atom. The molecule has 0 spiro atoms. The van der Waals surface area contributed by atoms with Crippen LogP contribution in [0.3, 0.4) is 0 Å². The van der Waals surface area contributed by atoms with Gasteiger partial charge in [0.2, 0.25) is 5.95 Å². The smallest absolute Gasteiger partial charge is 0.214 e. The summed E-state index contributed by atoms with van der Waals surface area (Å²) in [6, 6.07) is 9.42. The standard InChI is InChI=1S/C19H18ClFN4/c1-13-10-15-17(12-16(13)20)22-5-3-18(15)25-8-6-24(7-9-25)14-2-4-23-19(21)11-14/h2-5,10-12H,6-9H2,1H3. The van der Waals surface area contributed by atoms with Crippen LogP contribution in [0.1, 0.15) is 5.56 Å². The van der Waals surface area contributed by atoms with E-state index in [1.54, 1.807) is 0 Å². The highest BCUT2D eigenvalue weighted by Gasteiger charge is 2.20. The molecule has 0 radical (unpaired) electrons. The van der Waals surface area contributed by atoms with Gasteiger partial charge in [-0.15, -0.1) is 0 Å². The van der Waals surface area contributed by atoms with Gasteiger partial charge in [-0.1, -0.05) is 11.6 Å². The number of piperazine rings is 1. The van der Waals surface area contributed by atoms with E-state index in [0.29, 0.717) is 0 Å². The predicted octanol–water partition coefficient (Wildman–Crippen LogP) is 4.06. The third-order valence-corrected chi connectivity index (χ3v) is 5.10. The van der Waals surface area contributed by atoms with Crippen molar-refractivity contribution in [3.63, 3.8) is 0 Å². The Bertz CT molecular complexity index is 922. The zero-order valence-corrected chi connectivity index (χ0v) is 14.7. The summed E-state index contributed by atoms with van der Waals surface area (Å²) in [5.41, 5.74) is 4.01. The first kappa shape index (κ1) is 16.1. The molecule has 0 amide bonds. The fraction of sp³-hybridized carbons (Fsp3) is 0.263. The molecule has 1 saturated heterocycles. The van der Waals surface area contributed by atoms with E-state index < -0.39 is 5.95 Å². The van der Waals surface area contributed by atoms with Crippen LogP contribution in [0, 0.1) is 12.9 Å². The topological polar surface area (TPSA) is 32.3 Å². The van der Waals surface area contributed by atoms with Gasteiger partial charge in [0.15, 0.2) is 0 Å². The minimum Gasteiger partial charge on any atom is -0.368 e. The minimum atomic E-state index is -0.438. The lowest BCUT2D eigenvalue weighted by atomic mass is 10.1. The van der Waals surface area contributed by atoms with Crippen LogP contribution in [0.15, 0.2) is 42.7 Å². The highest BCUT2D eigenvalue weighted by Crippen LogP contribution is 2.30. The molecule has 0 bridgehead atoms. The third kappa shape index (κ3) is 3.12. The van der Waals surface area contributed by atoms with Crippen molar-refractivity contribution in [3.05, 3.63) is 59.3 Å². The van der Waals surface area contributed by atoms with Gasteiger partial charge >= 0.3 is 0 Å². The molecule has 1 aromatic carbocycles. The maximum Gasteiger partial charge on any atom is 0.214 e. The second-order valence-corrected chi connectivity index (χ2v) is 6.67. The van der Waals surface area contributed by atoms with Crippen molar-refractivity contribution in [3.8, 4) is 0 Å². The van der Waals surface area contributed by atoms with Crippen LogP contribution < -0.4 is 9.80 Å². The molecule has 3 heterocycles. The first-order valence-corrected chi connectivity index (χ1v) is 8.66. The first-order chi connectivity index (χ1) is 12.1. The Kier molecular flexibility index (Phi) is 4.17. The number of fused-ring (bicyclic) bond motifs is 1. The van der Waals surface area contributed by atoms with E-state index in [1.165, 1.54) is 18.0 Å². The number of hydrogen-bond donors (Lipinski definition) is 0. The molecule has 6 heteroatoms. The Morgan fingerprint density at radius 1 is 0.960 bits per heavy atom. The first-order valence-electron chi connectivity index (χ1n) is 8.28. The summed E-state index contributed by atoms with van der Waals surface area (Å²) in [6.07, 6.45) is 3.34. The van der Waals surface area contributed by atoms with E-state index in [9.17, 15) is 4.39 Å². The number of hydrogen-bond acceptors (Lipinski definition) is 4. The van der Waals surface area contributed by atoms with Crippen molar-refractivity contribution in [2.75, 3.05) is 36.0 Å². The fourth-order valence-electron chi connectivity index (χ4n) is 3.33. The predicted molar refractivity (Wildman–Crippen MR) is 100 cm³/mol. The van der Waals surface area contributed by atoms with E-state index in [0.717, 1.165) is 53.4 Å². The quantitative estimate of drug-likeness (QED) is 0.648. The molecule has 1 aliphatic heterocycles. The van der Waals surface area contributed by atoms with Crippen LogP contribution in [0.25, 0.3) is 10.9 Å². The Labute approximate surface area is 150 Å². The summed E-state index contributed by atoms with van der Waals surface area (Å²) in [6.45, 7) is 5.41. The summed E-state index contributed by atoms with van der Waals surface area (Å²) in [4.78, 5) is 12.6. The van der Waals surface area contributed by atoms with Gasteiger partial charge in [-0.3, -0.25) is 4.98 Å². The van der Waals surface area contributed by atoms with Gasteiger partial charge in [0.25, 0.3) is 0 Å². The highest BCUT2D eigenvalue weighted by molar-refractivity contribution is 6.32. The third-order valence-electron chi connectivity index (χ3n) is 4.69. The van der Waals surface area contributed by atoms with Crippen molar-refractivity contribution in [2.45, 2.75) is 6.92 Å². The summed E-state index contributed by atoms with van der Waals surface area (Å²) in [5.74, 6) is -0.438. The number of aryl methyl sites for hydroxylation is 1. The zero-order valence-electron chi connectivity index (χ0n) is 13.9. The molecule has 128 valence electrons. The Balaban J connectivity index is 1.59. The van der Waals surface area contributed by atoms with Gasteiger partial charge < -0.3 is 9.80 Å². The molecule has 25 heavy (non-hydrogen) atoms. The van der Waals surface area contributed by atoms with Crippen LogP contribution in [0.2, 0.25) is 5.02 Å². The van der Waals surface area contributed by atoms with Crippen molar-refractivity contribution < 1.29 is 4.39 Å². The van der Waals surface area contributed by atoms with Crippen LogP contribution in [-0.2, 0) is 0 Å². The second kappa shape index (κ2) is 6.48. The molecule has 0 N–H and O–H groups in total. The van der Waals surface area contributed by atoms with E-state index >= 15 is 0 Å². The lowest BCUT2D eigenvalue weighted by Crippen LogP contribution is -2.46. The molecule has 0 aliphatic carbocycles. The molecule has 4 nitrogen and oxygen atoms in total. The van der Waals surface area contributed by atoms with Gasteiger partial charge in [-0.25, -0.2) is 4.98 Å². The number of benzene rings is 1. The van der Waals surface area contributed by atoms with E-state index in [2.05, 4.69) is 31.9 Å². The molecule has 3 aromatic rings. The lowest BCUT2D eigenvalue weighted by molar-refractivity contribution is 0.580. The molecule has 0 saturated carbocycles. The normalized spacial score (nSPS) is 15.0. The zero-order chi connectivity index (χ0) is 17.4. The molecule has 1 fully saturated rings. The lowest BCUT2D eigenvalue weighted by Gasteiger charge is -2.37. The highest BCUT2D eigenvalue weighted by atomic mass is 35.5. The minimum absolute atomic E-state index is 0.438. The number of pyridine rings is 2. The number of anilines is 2. The number of aromatic nitrogens is 2. The molecule has 0 unspecified atom stereocenters.